The highest BCUT2D eigenvalue weighted by Crippen LogP contribution is 2.17. The first-order valence-corrected chi connectivity index (χ1v) is 7.27. The molecular weight excluding hydrogens is 286 g/mol. The fraction of sp³-hybridized carbons (Fsp3) is 0.500. The van der Waals surface area contributed by atoms with E-state index in [9.17, 15) is 9.59 Å². The summed E-state index contributed by atoms with van der Waals surface area (Å²) in [5.41, 5.74) is 1.04. The Balaban J connectivity index is 2.01. The normalized spacial score (nSPS) is 23.0. The Hall–Kier alpha value is -2.08. The number of morpholine rings is 1. The predicted octanol–water partition coefficient (Wildman–Crippen LogP) is 1.46. The van der Waals surface area contributed by atoms with Crippen LogP contribution in [0.4, 0.5) is 0 Å². The van der Waals surface area contributed by atoms with E-state index in [1.54, 1.807) is 19.9 Å². The number of hydrogen-bond donors (Lipinski definition) is 1. The second kappa shape index (κ2) is 6.79. The summed E-state index contributed by atoms with van der Waals surface area (Å²) in [5, 5.41) is 9.07. The number of nitrogens with zero attached hydrogens (tertiary/aromatic N) is 1. The number of carbonyl (C=O) groups excluding carboxylic acids is 1. The average molecular weight is 307 g/mol. The van der Waals surface area contributed by atoms with Crippen LogP contribution in [0.5, 0.6) is 5.75 Å². The molecule has 6 heteroatoms. The molecule has 0 spiro atoms. The molecule has 1 aliphatic rings. The van der Waals surface area contributed by atoms with Crippen molar-refractivity contribution < 1.29 is 24.2 Å². The van der Waals surface area contributed by atoms with Gasteiger partial charge in [-0.1, -0.05) is 12.1 Å². The zero-order valence-electron chi connectivity index (χ0n) is 13.0. The lowest BCUT2D eigenvalue weighted by Gasteiger charge is -2.36. The Morgan fingerprint density at radius 3 is 2.77 bits per heavy atom. The van der Waals surface area contributed by atoms with Crippen LogP contribution in [-0.2, 0) is 14.3 Å². The van der Waals surface area contributed by atoms with Gasteiger partial charge in [0.15, 0.2) is 12.2 Å². The van der Waals surface area contributed by atoms with Gasteiger partial charge in [-0.25, -0.2) is 4.79 Å². The third-order valence-electron chi connectivity index (χ3n) is 3.50. The molecule has 1 aromatic rings. The second-order valence-corrected chi connectivity index (χ2v) is 5.59. The van der Waals surface area contributed by atoms with Crippen LogP contribution in [0.3, 0.4) is 0 Å². The van der Waals surface area contributed by atoms with E-state index in [1.165, 1.54) is 4.90 Å². The largest absolute Gasteiger partial charge is 0.481 e. The van der Waals surface area contributed by atoms with Crippen LogP contribution >= 0.6 is 0 Å². The number of carbonyl (C=O) groups is 2. The third kappa shape index (κ3) is 3.98. The molecule has 1 aliphatic heterocycles. The minimum Gasteiger partial charge on any atom is -0.481 e. The smallest absolute Gasteiger partial charge is 0.334 e. The van der Waals surface area contributed by atoms with E-state index in [0.717, 1.165) is 5.56 Å². The minimum atomic E-state index is -1.06. The minimum absolute atomic E-state index is 0.0417. The van der Waals surface area contributed by atoms with Crippen molar-refractivity contribution in [2.45, 2.75) is 39.1 Å². The summed E-state index contributed by atoms with van der Waals surface area (Å²) in [5.74, 6) is -0.670. The third-order valence-corrected chi connectivity index (χ3v) is 3.50. The molecule has 0 aliphatic carbocycles. The Labute approximate surface area is 129 Å². The molecule has 1 amide bonds. The van der Waals surface area contributed by atoms with Crippen molar-refractivity contribution in [1.82, 2.24) is 4.90 Å². The van der Waals surface area contributed by atoms with E-state index in [-0.39, 0.29) is 18.6 Å². The number of hydrogen-bond acceptors (Lipinski definition) is 4. The van der Waals surface area contributed by atoms with Gasteiger partial charge in [-0.2, -0.15) is 0 Å². The van der Waals surface area contributed by atoms with Crippen LogP contribution in [0.15, 0.2) is 24.3 Å². The molecule has 6 nitrogen and oxygen atoms in total. The van der Waals surface area contributed by atoms with Crippen LogP contribution in [0.25, 0.3) is 0 Å². The summed E-state index contributed by atoms with van der Waals surface area (Å²) < 4.78 is 11.0. The molecular formula is C16H21NO5. The number of aryl methyl sites for hydroxylation is 1. The standard InChI is InChI=1S/C16H21NO5/c1-10-5-4-6-13(7-10)22-12(3)15(18)17-8-11(2)21-14(9-17)16(19)20/h4-7,11-12,14H,8-9H2,1-3H3,(H,19,20)/t11-,12?,14?/m1/s1. The summed E-state index contributed by atoms with van der Waals surface area (Å²) in [6.45, 7) is 5.77. The fourth-order valence-corrected chi connectivity index (χ4v) is 2.47. The number of rotatable bonds is 4. The summed E-state index contributed by atoms with van der Waals surface area (Å²) >= 11 is 0. The van der Waals surface area contributed by atoms with Gasteiger partial charge in [0.2, 0.25) is 0 Å². The highest BCUT2D eigenvalue weighted by Gasteiger charge is 2.34. The predicted molar refractivity (Wildman–Crippen MR) is 79.8 cm³/mol. The van der Waals surface area contributed by atoms with Crippen molar-refractivity contribution >= 4 is 11.9 Å². The summed E-state index contributed by atoms with van der Waals surface area (Å²) in [7, 11) is 0. The van der Waals surface area contributed by atoms with Gasteiger partial charge >= 0.3 is 5.97 Å². The topological polar surface area (TPSA) is 76.1 Å². The molecule has 1 saturated heterocycles. The van der Waals surface area contributed by atoms with Crippen LogP contribution in [0, 0.1) is 6.92 Å². The van der Waals surface area contributed by atoms with E-state index in [4.69, 9.17) is 14.6 Å². The van der Waals surface area contributed by atoms with Crippen LogP contribution in [0.1, 0.15) is 19.4 Å². The van der Waals surface area contributed by atoms with Gasteiger partial charge in [-0.15, -0.1) is 0 Å². The van der Waals surface area contributed by atoms with Crippen molar-refractivity contribution in [2.24, 2.45) is 0 Å². The number of amides is 1. The van der Waals surface area contributed by atoms with Crippen molar-refractivity contribution in [3.63, 3.8) is 0 Å². The number of benzene rings is 1. The van der Waals surface area contributed by atoms with Gasteiger partial charge in [0.05, 0.1) is 12.6 Å². The van der Waals surface area contributed by atoms with Gasteiger partial charge < -0.3 is 19.5 Å². The van der Waals surface area contributed by atoms with Gasteiger partial charge in [-0.3, -0.25) is 4.79 Å². The fourth-order valence-electron chi connectivity index (χ4n) is 2.47. The second-order valence-electron chi connectivity index (χ2n) is 5.59. The molecule has 1 heterocycles. The zero-order valence-corrected chi connectivity index (χ0v) is 13.0. The van der Waals surface area contributed by atoms with Crippen LogP contribution < -0.4 is 4.74 Å². The number of carboxylic acids is 1. The Bertz CT molecular complexity index is 559. The highest BCUT2D eigenvalue weighted by molar-refractivity contribution is 5.82. The van der Waals surface area contributed by atoms with Gasteiger partial charge in [0.1, 0.15) is 5.75 Å². The maximum absolute atomic E-state index is 12.5. The summed E-state index contributed by atoms with van der Waals surface area (Å²) in [6, 6.07) is 7.45. The molecule has 22 heavy (non-hydrogen) atoms. The molecule has 1 N–H and O–H groups in total. The molecule has 0 saturated carbocycles. The van der Waals surface area contributed by atoms with E-state index in [0.29, 0.717) is 12.3 Å². The van der Waals surface area contributed by atoms with Gasteiger partial charge in [0.25, 0.3) is 5.91 Å². The van der Waals surface area contributed by atoms with Crippen molar-refractivity contribution in [3.8, 4) is 5.75 Å². The molecule has 1 fully saturated rings. The first-order chi connectivity index (χ1) is 10.4. The molecule has 0 bridgehead atoms. The lowest BCUT2D eigenvalue weighted by Crippen LogP contribution is -2.54. The molecule has 1 aromatic carbocycles. The Morgan fingerprint density at radius 1 is 1.41 bits per heavy atom. The molecule has 2 unspecified atom stereocenters. The number of ether oxygens (including phenoxy) is 2. The van der Waals surface area contributed by atoms with Crippen molar-refractivity contribution in [1.29, 1.82) is 0 Å². The maximum Gasteiger partial charge on any atom is 0.334 e. The number of carboxylic acid groups (broad SMARTS) is 1. The molecule has 2 rings (SSSR count). The average Bonchev–Trinajstić information content (AvgIpc) is 2.45. The summed E-state index contributed by atoms with van der Waals surface area (Å²) in [6.07, 6.45) is -1.98. The quantitative estimate of drug-likeness (QED) is 0.911. The van der Waals surface area contributed by atoms with Gasteiger partial charge in [-0.05, 0) is 38.5 Å². The van der Waals surface area contributed by atoms with Crippen LogP contribution in [-0.4, -0.2) is 53.3 Å². The molecule has 0 radical (unpaired) electrons. The highest BCUT2D eigenvalue weighted by atomic mass is 16.5. The Kier molecular flexibility index (Phi) is 5.03. The molecule has 3 atom stereocenters. The van der Waals surface area contributed by atoms with E-state index < -0.39 is 18.2 Å². The molecule has 0 aromatic heterocycles. The lowest BCUT2D eigenvalue weighted by molar-refractivity contribution is -0.168. The maximum atomic E-state index is 12.5. The zero-order chi connectivity index (χ0) is 16.3. The monoisotopic (exact) mass is 307 g/mol. The van der Waals surface area contributed by atoms with E-state index >= 15 is 0 Å². The van der Waals surface area contributed by atoms with E-state index in [2.05, 4.69) is 0 Å². The van der Waals surface area contributed by atoms with Crippen molar-refractivity contribution in [3.05, 3.63) is 29.8 Å². The SMILES string of the molecule is Cc1cccc(OC(C)C(=O)N2CC(C(=O)O)O[C@H](C)C2)c1. The van der Waals surface area contributed by atoms with E-state index in [1.807, 2.05) is 25.1 Å². The summed E-state index contributed by atoms with van der Waals surface area (Å²) in [4.78, 5) is 25.0. The van der Waals surface area contributed by atoms with Crippen molar-refractivity contribution in [2.75, 3.05) is 13.1 Å². The first kappa shape index (κ1) is 16.3. The molecule has 120 valence electrons. The lowest BCUT2D eigenvalue weighted by atomic mass is 10.2. The number of aliphatic carboxylic acids is 1. The van der Waals surface area contributed by atoms with Crippen LogP contribution in [0.2, 0.25) is 0 Å². The first-order valence-electron chi connectivity index (χ1n) is 7.27. The van der Waals surface area contributed by atoms with Gasteiger partial charge in [0, 0.05) is 6.54 Å². The Morgan fingerprint density at radius 2 is 2.14 bits per heavy atom.